The average molecular weight is 941 g/mol. The Bertz CT molecular complexity index is 2620. The molecule has 3 heteroatoms. The molecule has 0 heterocycles. The third-order valence-electron chi connectivity index (χ3n) is 17.3. The fraction of sp³-hybridized carbons (Fsp3) is 0.407. The summed E-state index contributed by atoms with van der Waals surface area (Å²) in [5.74, 6) is 3.88. The summed E-state index contributed by atoms with van der Waals surface area (Å²) in [5, 5.41) is 0. The number of allylic oxidation sites excluding steroid dienone is 4. The minimum absolute atomic E-state index is 0. The Kier molecular flexibility index (Phi) is 11.6. The number of halogens is 2. The second-order valence-corrected chi connectivity index (χ2v) is 36.8. The van der Waals surface area contributed by atoms with Crippen molar-refractivity contribution >= 4 is 35.6 Å². The summed E-state index contributed by atoms with van der Waals surface area (Å²) in [4.78, 5) is 0. The van der Waals surface area contributed by atoms with Gasteiger partial charge >= 0.3 is 366 Å². The van der Waals surface area contributed by atoms with Gasteiger partial charge in [0.15, 0.2) is 0 Å². The molecule has 0 saturated heterocycles. The van der Waals surface area contributed by atoms with Gasteiger partial charge in [0.1, 0.15) is 0 Å². The molecular weight excluding hydrogens is 871 g/mol. The zero-order valence-electron chi connectivity index (χ0n) is 38.9. The van der Waals surface area contributed by atoms with Crippen molar-refractivity contribution in [2.45, 2.75) is 116 Å². The van der Waals surface area contributed by atoms with Crippen LogP contribution in [-0.2, 0) is 35.5 Å². The zero-order valence-corrected chi connectivity index (χ0v) is 43.0. The molecule has 4 saturated carbocycles. The molecule has 0 N–H and O–H groups in total. The molecule has 0 amide bonds. The van der Waals surface area contributed by atoms with Crippen LogP contribution in [0.2, 0.25) is 4.13 Å². The van der Waals surface area contributed by atoms with E-state index in [9.17, 15) is 0 Å². The van der Waals surface area contributed by atoms with Crippen molar-refractivity contribution in [2.75, 3.05) is 0 Å². The quantitative estimate of drug-likeness (QED) is 0.150. The standard InChI is InChI=1S/C33H33.C17H23.C6H5.C2H5.CH2.2ClH.Zr/c1-32(2,3)30-20-26-24(18-28(30)22-13-9-7-10-14-22)17-25-19-29(23-15-11-8-12-16-23)31(21-27(25)26)33(4,5)6;1-11-3-4-14(5-11)17(2)15-7-12-6-13(9-15)10-16(17)8-12;1-2-4-6-5-3-1;1-2;;;;/h7-16,18,20-21H,17H2,1-6H3;4-5,11-13,15-16H,6-10H2,1-2H3;1-5H;1H2,2H3;1H2;2*1H;. The van der Waals surface area contributed by atoms with E-state index < -0.39 is 18.3 Å². The molecule has 4 fully saturated rings. The van der Waals surface area contributed by atoms with Crippen LogP contribution in [0.4, 0.5) is 0 Å². The number of fused-ring (bicyclic) bond motifs is 3. The molecule has 1 atom stereocenters. The second-order valence-electron chi connectivity index (χ2n) is 22.7. The van der Waals surface area contributed by atoms with Crippen molar-refractivity contribution in [3.63, 3.8) is 0 Å². The summed E-state index contributed by atoms with van der Waals surface area (Å²) >= 11 is -4.91. The van der Waals surface area contributed by atoms with Crippen LogP contribution in [0.3, 0.4) is 0 Å². The van der Waals surface area contributed by atoms with E-state index in [4.69, 9.17) is 4.21 Å². The fourth-order valence-electron chi connectivity index (χ4n) is 14.3. The van der Waals surface area contributed by atoms with Crippen molar-refractivity contribution in [1.29, 1.82) is 0 Å². The minimum atomic E-state index is -4.91. The van der Waals surface area contributed by atoms with Gasteiger partial charge in [0.25, 0.3) is 0 Å². The number of hydrogen-bond donors (Lipinski definition) is 0. The van der Waals surface area contributed by atoms with Crippen LogP contribution < -0.4 is 6.54 Å². The number of benzene rings is 5. The molecule has 1 unspecified atom stereocenters. The summed E-state index contributed by atoms with van der Waals surface area (Å²) in [6, 6.07) is 42.4. The molecule has 62 heavy (non-hydrogen) atoms. The summed E-state index contributed by atoms with van der Waals surface area (Å²) in [6.45, 7) is 22.3. The van der Waals surface area contributed by atoms with Crippen LogP contribution in [0.1, 0.15) is 117 Å². The monoisotopic (exact) mass is 938 g/mol. The summed E-state index contributed by atoms with van der Waals surface area (Å²) in [7, 11) is 0. The normalized spacial score (nSPS) is 25.0. The van der Waals surface area contributed by atoms with Gasteiger partial charge in [-0.1, -0.05) is 0 Å². The van der Waals surface area contributed by atoms with Crippen LogP contribution in [0.15, 0.2) is 130 Å². The van der Waals surface area contributed by atoms with Gasteiger partial charge in [-0.25, -0.2) is 0 Å². The third-order valence-corrected chi connectivity index (χ3v) is 34.6. The van der Waals surface area contributed by atoms with Crippen molar-refractivity contribution in [2.24, 2.45) is 35.0 Å². The summed E-state index contributed by atoms with van der Waals surface area (Å²) in [6.07, 6.45) is 13.8. The Morgan fingerprint density at radius 1 is 0.645 bits per heavy atom. The van der Waals surface area contributed by atoms with Crippen LogP contribution in [0.5, 0.6) is 0 Å². The predicted molar refractivity (Wildman–Crippen MR) is 271 cm³/mol. The zero-order chi connectivity index (χ0) is 42.0. The van der Waals surface area contributed by atoms with Gasteiger partial charge in [-0.2, -0.15) is 0 Å². The Hall–Kier alpha value is -3.09. The van der Waals surface area contributed by atoms with Crippen LogP contribution in [0.25, 0.3) is 33.4 Å². The van der Waals surface area contributed by atoms with Crippen molar-refractivity contribution in [3.05, 3.63) is 152 Å². The first-order valence-corrected chi connectivity index (χ1v) is 30.7. The fourth-order valence-corrected chi connectivity index (χ4v) is 30.5. The van der Waals surface area contributed by atoms with Gasteiger partial charge in [0.2, 0.25) is 0 Å². The Morgan fingerprint density at radius 2 is 1.16 bits per heavy atom. The number of rotatable bonds is 7. The number of hydrogen-bond acceptors (Lipinski definition) is 0. The van der Waals surface area contributed by atoms with Gasteiger partial charge in [0.05, 0.1) is 0 Å². The van der Waals surface area contributed by atoms with Gasteiger partial charge in [-0.15, -0.1) is 24.8 Å². The third kappa shape index (κ3) is 6.70. The molecule has 6 aliphatic carbocycles. The molecule has 324 valence electrons. The molecule has 11 rings (SSSR count). The van der Waals surface area contributed by atoms with Gasteiger partial charge in [-0.05, 0) is 0 Å². The Morgan fingerprint density at radius 3 is 1.69 bits per heavy atom. The van der Waals surface area contributed by atoms with Gasteiger partial charge < -0.3 is 0 Å². The van der Waals surface area contributed by atoms with Crippen molar-refractivity contribution in [3.8, 4) is 33.4 Å². The molecule has 0 nitrogen and oxygen atoms in total. The molecule has 5 aromatic carbocycles. The maximum atomic E-state index is 6.07. The summed E-state index contributed by atoms with van der Waals surface area (Å²) in [5.41, 5.74) is 16.1. The molecule has 0 radical (unpaired) electrons. The molecule has 0 aliphatic heterocycles. The van der Waals surface area contributed by atoms with E-state index in [1.54, 1.807) is 17.7 Å². The van der Waals surface area contributed by atoms with E-state index in [0.717, 1.165) is 34.2 Å². The second kappa shape index (κ2) is 15.8. The molecule has 6 aliphatic rings. The van der Waals surface area contributed by atoms with E-state index in [1.165, 1.54) is 85.4 Å². The molecule has 0 spiro atoms. The maximum absolute atomic E-state index is 6.07. The van der Waals surface area contributed by atoms with Crippen LogP contribution in [-0.4, -0.2) is 4.21 Å². The molecule has 5 aromatic rings. The van der Waals surface area contributed by atoms with Gasteiger partial charge in [0, 0.05) is 0 Å². The van der Waals surface area contributed by atoms with Crippen LogP contribution in [0, 0.1) is 35.0 Å². The average Bonchev–Trinajstić information content (AvgIpc) is 3.82. The predicted octanol–water partition coefficient (Wildman–Crippen LogP) is 15.5. The van der Waals surface area contributed by atoms with Crippen molar-refractivity contribution in [1.82, 2.24) is 0 Å². The van der Waals surface area contributed by atoms with Gasteiger partial charge in [-0.3, -0.25) is 0 Å². The van der Waals surface area contributed by atoms with E-state index in [2.05, 4.69) is 184 Å². The van der Waals surface area contributed by atoms with E-state index in [-0.39, 0.29) is 41.1 Å². The van der Waals surface area contributed by atoms with Crippen LogP contribution >= 0.6 is 24.8 Å². The first-order chi connectivity index (χ1) is 28.5. The molecular formula is C59H70Cl2Zr. The Labute approximate surface area is 387 Å². The first kappa shape index (κ1) is 45.5. The SMILES string of the molecule is Cl.Cl.[CH2]=[Zr]([CH2]C)([C]1=CC(C2(C)C3CC4CC(C3)CC2C4)=CC1C)([c]1ccccc1)[c]1c2c(cc(C(C)(C)C)c1-c1ccccc1)-c1cc(C(C)(C)C)c(-c3ccccc3)cc1C2. The Balaban J connectivity index is 0.00000264. The van der Waals surface area contributed by atoms with E-state index in [1.807, 2.05) is 0 Å². The molecule has 0 aromatic heterocycles. The van der Waals surface area contributed by atoms with E-state index >= 15 is 0 Å². The van der Waals surface area contributed by atoms with E-state index in [0.29, 0.717) is 5.92 Å². The first-order valence-electron chi connectivity index (χ1n) is 23.6. The van der Waals surface area contributed by atoms with Crippen molar-refractivity contribution < 1.29 is 18.3 Å². The topological polar surface area (TPSA) is 0 Å². The summed E-state index contributed by atoms with van der Waals surface area (Å²) < 4.78 is 12.0. The molecule has 4 bridgehead atoms.